The maximum Gasteiger partial charge on any atom is 0.398 e. The van der Waals surface area contributed by atoms with E-state index in [-0.39, 0.29) is 5.57 Å². The molecule has 0 atom stereocenters. The molecule has 0 radical (unpaired) electrons. The first-order chi connectivity index (χ1) is 11.7. The Balaban J connectivity index is 1.99. The number of piperidine rings is 2. The van der Waals surface area contributed by atoms with Crippen LogP contribution in [0.5, 0.6) is 0 Å². The van der Waals surface area contributed by atoms with Crippen molar-refractivity contribution in [2.75, 3.05) is 50.2 Å². The highest BCUT2D eigenvalue weighted by molar-refractivity contribution is 7.61. The largest absolute Gasteiger partial charge is 0.398 e. The summed E-state index contributed by atoms with van der Waals surface area (Å²) in [6.07, 6.45) is 6.92. The Labute approximate surface area is 143 Å². The Kier molecular flexibility index (Phi) is 5.69. The first-order valence-corrected chi connectivity index (χ1v) is 10.2. The van der Waals surface area contributed by atoms with Gasteiger partial charge in [0.2, 0.25) is 17.5 Å². The molecule has 3 heterocycles. The van der Waals surface area contributed by atoms with E-state index >= 15 is 0 Å². The monoisotopic (exact) mass is 355 g/mol. The third-order valence-electron chi connectivity index (χ3n) is 4.60. The Hall–Kier alpha value is -1.24. The van der Waals surface area contributed by atoms with Crippen molar-refractivity contribution in [2.45, 2.75) is 38.5 Å². The minimum Gasteiger partial charge on any atom is -0.341 e. The molecule has 0 saturated carbocycles. The Bertz CT molecular complexity index is 559. The third kappa shape index (κ3) is 3.71. The molecule has 8 nitrogen and oxygen atoms in total. The van der Waals surface area contributed by atoms with Gasteiger partial charge in [-0.1, -0.05) is 0 Å². The molecule has 24 heavy (non-hydrogen) atoms. The molecule has 0 N–H and O–H groups in total. The fraction of sp³-hybridized carbons (Fsp3) is 0.800. The van der Waals surface area contributed by atoms with Crippen LogP contribution in [0.2, 0.25) is 0 Å². The quantitative estimate of drug-likeness (QED) is 0.742. The van der Waals surface area contributed by atoms with Gasteiger partial charge in [-0.3, -0.25) is 4.57 Å². The molecular formula is C15H26N5O3P. The number of hydrogen-bond acceptors (Lipinski definition) is 8. The summed E-state index contributed by atoms with van der Waals surface area (Å²) >= 11 is 0. The fourth-order valence-electron chi connectivity index (χ4n) is 3.17. The van der Waals surface area contributed by atoms with Gasteiger partial charge in [-0.25, -0.2) is 0 Å². The van der Waals surface area contributed by atoms with Gasteiger partial charge < -0.3 is 18.8 Å². The molecule has 134 valence electrons. The molecule has 1 aromatic rings. The zero-order valence-electron chi connectivity index (χ0n) is 14.5. The number of anilines is 2. The van der Waals surface area contributed by atoms with Gasteiger partial charge in [-0.2, -0.15) is 15.0 Å². The van der Waals surface area contributed by atoms with E-state index in [0.717, 1.165) is 51.9 Å². The van der Waals surface area contributed by atoms with Crippen LogP contribution in [0, 0.1) is 0 Å². The van der Waals surface area contributed by atoms with E-state index in [0.29, 0.717) is 11.9 Å². The highest BCUT2D eigenvalue weighted by atomic mass is 31.2. The topological polar surface area (TPSA) is 80.7 Å². The summed E-state index contributed by atoms with van der Waals surface area (Å²) in [6.45, 7) is 3.64. The normalized spacial score (nSPS) is 19.6. The maximum atomic E-state index is 12.8. The van der Waals surface area contributed by atoms with Crippen molar-refractivity contribution in [1.82, 2.24) is 15.0 Å². The highest BCUT2D eigenvalue weighted by Crippen LogP contribution is 2.44. The van der Waals surface area contributed by atoms with Crippen molar-refractivity contribution in [3.05, 3.63) is 0 Å². The summed E-state index contributed by atoms with van der Waals surface area (Å²) in [5.41, 5.74) is 0.101. The van der Waals surface area contributed by atoms with Gasteiger partial charge in [0, 0.05) is 40.4 Å². The number of rotatable bonds is 5. The van der Waals surface area contributed by atoms with Crippen molar-refractivity contribution in [1.29, 1.82) is 0 Å². The van der Waals surface area contributed by atoms with Crippen molar-refractivity contribution in [3.63, 3.8) is 0 Å². The van der Waals surface area contributed by atoms with Crippen molar-refractivity contribution >= 4 is 25.1 Å². The molecule has 2 saturated heterocycles. The molecule has 0 bridgehead atoms. The smallest absolute Gasteiger partial charge is 0.341 e. The SMILES string of the molecule is COP(=O)(OC)c1nc(N2CCCCC2)nc(N2CCCCC2)n1. The average molecular weight is 355 g/mol. The average Bonchev–Trinajstić information content (AvgIpc) is 2.68. The molecule has 0 unspecified atom stereocenters. The second-order valence-corrected chi connectivity index (χ2v) is 8.32. The van der Waals surface area contributed by atoms with Gasteiger partial charge in [0.05, 0.1) is 0 Å². The van der Waals surface area contributed by atoms with Crippen LogP contribution >= 0.6 is 7.60 Å². The Morgan fingerprint density at radius 2 is 1.17 bits per heavy atom. The lowest BCUT2D eigenvalue weighted by atomic mass is 10.1. The van der Waals surface area contributed by atoms with Crippen LogP contribution in [0.4, 0.5) is 11.9 Å². The van der Waals surface area contributed by atoms with Crippen LogP contribution in [0.1, 0.15) is 38.5 Å². The van der Waals surface area contributed by atoms with E-state index in [4.69, 9.17) is 9.05 Å². The van der Waals surface area contributed by atoms with Crippen LogP contribution in [0.15, 0.2) is 0 Å². The number of nitrogens with zero attached hydrogens (tertiary/aromatic N) is 5. The summed E-state index contributed by atoms with van der Waals surface area (Å²) < 4.78 is 23.0. The van der Waals surface area contributed by atoms with E-state index in [2.05, 4.69) is 24.8 Å². The summed E-state index contributed by atoms with van der Waals surface area (Å²) in [5, 5.41) is 0. The van der Waals surface area contributed by atoms with E-state index in [9.17, 15) is 4.57 Å². The zero-order valence-corrected chi connectivity index (χ0v) is 15.4. The standard InChI is InChI=1S/C15H26N5O3P/c1-22-24(21,23-2)15-17-13(19-9-5-3-6-10-19)16-14(18-15)20-11-7-4-8-12-20/h3-12H2,1-2H3. The molecule has 0 aromatic carbocycles. The lowest BCUT2D eigenvalue weighted by Gasteiger charge is -2.30. The van der Waals surface area contributed by atoms with Crippen molar-refractivity contribution in [3.8, 4) is 0 Å². The fourth-order valence-corrected chi connectivity index (χ4v) is 4.07. The van der Waals surface area contributed by atoms with Crippen molar-refractivity contribution < 1.29 is 13.6 Å². The maximum absolute atomic E-state index is 12.8. The summed E-state index contributed by atoms with van der Waals surface area (Å²) in [7, 11) is -0.792. The minimum absolute atomic E-state index is 0.101. The molecule has 3 rings (SSSR count). The van der Waals surface area contributed by atoms with Crippen LogP contribution in [-0.2, 0) is 13.6 Å². The van der Waals surface area contributed by atoms with Gasteiger partial charge >= 0.3 is 7.60 Å². The molecular weight excluding hydrogens is 329 g/mol. The molecule has 2 fully saturated rings. The molecule has 2 aliphatic heterocycles. The minimum atomic E-state index is -3.51. The van der Waals surface area contributed by atoms with Crippen LogP contribution < -0.4 is 15.4 Å². The second kappa shape index (κ2) is 7.76. The lowest BCUT2D eigenvalue weighted by molar-refractivity contribution is 0.285. The predicted molar refractivity (Wildman–Crippen MR) is 93.2 cm³/mol. The Morgan fingerprint density at radius 3 is 1.54 bits per heavy atom. The molecule has 0 spiro atoms. The van der Waals surface area contributed by atoms with E-state index in [1.54, 1.807) is 0 Å². The van der Waals surface area contributed by atoms with E-state index in [1.165, 1.54) is 27.1 Å². The third-order valence-corrected chi connectivity index (χ3v) is 6.25. The zero-order chi connectivity index (χ0) is 17.0. The summed E-state index contributed by atoms with van der Waals surface area (Å²) in [4.78, 5) is 17.8. The van der Waals surface area contributed by atoms with Gasteiger partial charge in [-0.15, -0.1) is 0 Å². The summed E-state index contributed by atoms with van der Waals surface area (Å²) in [5.74, 6) is 1.16. The van der Waals surface area contributed by atoms with Gasteiger partial charge in [0.25, 0.3) is 0 Å². The molecule has 0 amide bonds. The van der Waals surface area contributed by atoms with Gasteiger partial charge in [0.15, 0.2) is 0 Å². The first kappa shape index (κ1) is 17.6. The van der Waals surface area contributed by atoms with Gasteiger partial charge in [0.1, 0.15) is 0 Å². The van der Waals surface area contributed by atoms with Crippen LogP contribution in [-0.4, -0.2) is 55.4 Å². The van der Waals surface area contributed by atoms with Crippen molar-refractivity contribution in [2.24, 2.45) is 0 Å². The number of aromatic nitrogens is 3. The van der Waals surface area contributed by atoms with Crippen LogP contribution in [0.3, 0.4) is 0 Å². The molecule has 1 aromatic heterocycles. The molecule has 2 aliphatic rings. The van der Waals surface area contributed by atoms with Gasteiger partial charge in [-0.05, 0) is 38.5 Å². The summed E-state index contributed by atoms with van der Waals surface area (Å²) in [6, 6.07) is 0. The Morgan fingerprint density at radius 1 is 0.750 bits per heavy atom. The lowest BCUT2D eigenvalue weighted by Crippen LogP contribution is -2.37. The first-order valence-electron chi connectivity index (χ1n) is 8.64. The van der Waals surface area contributed by atoms with E-state index in [1.807, 2.05) is 0 Å². The van der Waals surface area contributed by atoms with Crippen LogP contribution in [0.25, 0.3) is 0 Å². The highest BCUT2D eigenvalue weighted by Gasteiger charge is 2.32. The molecule has 9 heteroatoms. The predicted octanol–water partition coefficient (Wildman–Crippen LogP) is 1.96. The molecule has 0 aliphatic carbocycles. The van der Waals surface area contributed by atoms with E-state index < -0.39 is 7.60 Å². The second-order valence-electron chi connectivity index (χ2n) is 6.19. The number of hydrogen-bond donors (Lipinski definition) is 0.